The predicted octanol–water partition coefficient (Wildman–Crippen LogP) is 4.52. The highest BCUT2D eigenvalue weighted by molar-refractivity contribution is 6.34. The van der Waals surface area contributed by atoms with Gasteiger partial charge in [-0.15, -0.1) is 0 Å². The van der Waals surface area contributed by atoms with Crippen LogP contribution in [0.3, 0.4) is 0 Å². The van der Waals surface area contributed by atoms with Gasteiger partial charge in [-0.3, -0.25) is 9.78 Å². The van der Waals surface area contributed by atoms with E-state index in [-0.39, 0.29) is 11.9 Å². The largest absolute Gasteiger partial charge is 0.372 e. The summed E-state index contributed by atoms with van der Waals surface area (Å²) < 4.78 is 0. The number of halogens is 1. The van der Waals surface area contributed by atoms with Crippen LogP contribution in [0.2, 0.25) is 5.02 Å². The maximum Gasteiger partial charge on any atom is 0.253 e. The summed E-state index contributed by atoms with van der Waals surface area (Å²) in [5.41, 5.74) is 3.51. The number of amides is 1. The standard InChI is InChI=1S/C20H24ClN3O/c1-14-6-9-19(22-13-14)15(2)23-20(25)17-12-16(7-8-18(17)21)24-10-4-3-5-11-24/h6-9,12-13,15H,3-5,10-11H2,1-2H3,(H,23,25). The summed E-state index contributed by atoms with van der Waals surface area (Å²) in [6.07, 6.45) is 5.47. The van der Waals surface area contributed by atoms with Gasteiger partial charge in [0.1, 0.15) is 0 Å². The lowest BCUT2D eigenvalue weighted by molar-refractivity contribution is 0.0939. The molecule has 1 N–H and O–H groups in total. The van der Waals surface area contributed by atoms with Crippen LogP contribution in [0.5, 0.6) is 0 Å². The Morgan fingerprint density at radius 3 is 2.64 bits per heavy atom. The topological polar surface area (TPSA) is 45.2 Å². The summed E-state index contributed by atoms with van der Waals surface area (Å²) in [5.74, 6) is -0.168. The molecule has 2 heterocycles. The average Bonchev–Trinajstić information content (AvgIpc) is 2.63. The second-order valence-corrected chi connectivity index (χ2v) is 7.07. The number of nitrogens with one attached hydrogen (secondary N) is 1. The lowest BCUT2D eigenvalue weighted by atomic mass is 10.1. The third kappa shape index (κ3) is 4.31. The van der Waals surface area contributed by atoms with Crippen molar-refractivity contribution in [3.63, 3.8) is 0 Å². The molecule has 0 saturated carbocycles. The minimum Gasteiger partial charge on any atom is -0.372 e. The number of carbonyl (C=O) groups is 1. The molecule has 25 heavy (non-hydrogen) atoms. The Labute approximate surface area is 154 Å². The Hall–Kier alpha value is -2.07. The monoisotopic (exact) mass is 357 g/mol. The van der Waals surface area contributed by atoms with Crippen LogP contribution in [0.4, 0.5) is 5.69 Å². The Kier molecular flexibility index (Phi) is 5.59. The van der Waals surface area contributed by atoms with Crippen LogP contribution < -0.4 is 10.2 Å². The summed E-state index contributed by atoms with van der Waals surface area (Å²) in [6.45, 7) is 5.99. The average molecular weight is 358 g/mol. The summed E-state index contributed by atoms with van der Waals surface area (Å²) in [5, 5.41) is 3.47. The van der Waals surface area contributed by atoms with E-state index in [1.807, 2.05) is 50.4 Å². The molecule has 1 atom stereocenters. The molecule has 1 aromatic carbocycles. The first-order chi connectivity index (χ1) is 12.0. The summed E-state index contributed by atoms with van der Waals surface area (Å²) in [6, 6.07) is 9.46. The Morgan fingerprint density at radius 2 is 1.96 bits per heavy atom. The van der Waals surface area contributed by atoms with E-state index in [0.29, 0.717) is 10.6 Å². The van der Waals surface area contributed by atoms with Gasteiger partial charge in [0, 0.05) is 25.0 Å². The molecule has 0 bridgehead atoms. The number of hydrogen-bond acceptors (Lipinski definition) is 3. The van der Waals surface area contributed by atoms with Crippen molar-refractivity contribution >= 4 is 23.2 Å². The smallest absolute Gasteiger partial charge is 0.253 e. The van der Waals surface area contributed by atoms with Crippen molar-refractivity contribution in [2.45, 2.75) is 39.2 Å². The summed E-state index contributed by atoms with van der Waals surface area (Å²) in [7, 11) is 0. The van der Waals surface area contributed by atoms with Crippen LogP contribution in [0.15, 0.2) is 36.5 Å². The fourth-order valence-electron chi connectivity index (χ4n) is 3.12. The van der Waals surface area contributed by atoms with Crippen molar-refractivity contribution in [2.24, 2.45) is 0 Å². The maximum absolute atomic E-state index is 12.7. The zero-order valence-corrected chi connectivity index (χ0v) is 15.5. The van der Waals surface area contributed by atoms with Gasteiger partial charge in [0.05, 0.1) is 22.3 Å². The number of piperidine rings is 1. The molecule has 5 heteroatoms. The van der Waals surface area contributed by atoms with Crippen LogP contribution in [0, 0.1) is 6.92 Å². The number of hydrogen-bond donors (Lipinski definition) is 1. The molecule has 1 fully saturated rings. The Morgan fingerprint density at radius 1 is 1.20 bits per heavy atom. The molecule has 132 valence electrons. The Bertz CT molecular complexity index is 739. The third-order valence-corrected chi connectivity index (χ3v) is 4.97. The zero-order chi connectivity index (χ0) is 17.8. The molecule has 1 unspecified atom stereocenters. The van der Waals surface area contributed by atoms with Gasteiger partial charge in [0.15, 0.2) is 0 Å². The SMILES string of the molecule is Cc1ccc(C(C)NC(=O)c2cc(N3CCCCC3)ccc2Cl)nc1. The lowest BCUT2D eigenvalue weighted by Crippen LogP contribution is -2.30. The van der Waals surface area contributed by atoms with Crippen LogP contribution in [0.25, 0.3) is 0 Å². The fraction of sp³-hybridized carbons (Fsp3) is 0.400. The molecule has 1 aliphatic rings. The number of aromatic nitrogens is 1. The first-order valence-electron chi connectivity index (χ1n) is 8.82. The number of benzene rings is 1. The van der Waals surface area contributed by atoms with E-state index in [1.54, 1.807) is 0 Å². The van der Waals surface area contributed by atoms with E-state index >= 15 is 0 Å². The molecular formula is C20H24ClN3O. The van der Waals surface area contributed by atoms with E-state index < -0.39 is 0 Å². The maximum atomic E-state index is 12.7. The van der Waals surface area contributed by atoms with Crippen LogP contribution in [-0.2, 0) is 0 Å². The molecule has 3 rings (SSSR count). The fourth-order valence-corrected chi connectivity index (χ4v) is 3.32. The normalized spacial score (nSPS) is 15.7. The van der Waals surface area contributed by atoms with E-state index in [9.17, 15) is 4.79 Å². The number of nitrogens with zero attached hydrogens (tertiary/aromatic N) is 2. The van der Waals surface area contributed by atoms with Crippen LogP contribution in [-0.4, -0.2) is 24.0 Å². The zero-order valence-electron chi connectivity index (χ0n) is 14.8. The molecular weight excluding hydrogens is 334 g/mol. The number of carbonyl (C=O) groups excluding carboxylic acids is 1. The van der Waals surface area contributed by atoms with Gasteiger partial charge in [-0.25, -0.2) is 0 Å². The molecule has 4 nitrogen and oxygen atoms in total. The highest BCUT2D eigenvalue weighted by atomic mass is 35.5. The highest BCUT2D eigenvalue weighted by Crippen LogP contribution is 2.26. The first kappa shape index (κ1) is 17.7. The molecule has 0 spiro atoms. The van der Waals surface area contributed by atoms with Crippen molar-refractivity contribution in [2.75, 3.05) is 18.0 Å². The quantitative estimate of drug-likeness (QED) is 0.874. The van der Waals surface area contributed by atoms with Gasteiger partial charge >= 0.3 is 0 Å². The molecule has 1 saturated heterocycles. The minimum absolute atomic E-state index is 0.168. The van der Waals surface area contributed by atoms with E-state index in [4.69, 9.17) is 11.6 Å². The van der Waals surface area contributed by atoms with Gasteiger partial charge in [0.2, 0.25) is 0 Å². The van der Waals surface area contributed by atoms with Gasteiger partial charge in [-0.05, 0) is 62.9 Å². The van der Waals surface area contributed by atoms with Gasteiger partial charge in [-0.2, -0.15) is 0 Å². The van der Waals surface area contributed by atoms with Gasteiger partial charge in [-0.1, -0.05) is 17.7 Å². The van der Waals surface area contributed by atoms with Crippen LogP contribution in [0.1, 0.15) is 53.8 Å². The van der Waals surface area contributed by atoms with Crippen molar-refractivity contribution in [3.8, 4) is 0 Å². The van der Waals surface area contributed by atoms with E-state index in [1.165, 1.54) is 19.3 Å². The van der Waals surface area contributed by atoms with Crippen molar-refractivity contribution in [3.05, 3.63) is 58.4 Å². The van der Waals surface area contributed by atoms with E-state index in [0.717, 1.165) is 30.0 Å². The van der Waals surface area contributed by atoms with Crippen molar-refractivity contribution < 1.29 is 4.79 Å². The van der Waals surface area contributed by atoms with E-state index in [2.05, 4.69) is 15.2 Å². The first-order valence-corrected chi connectivity index (χ1v) is 9.20. The van der Waals surface area contributed by atoms with Crippen LogP contribution >= 0.6 is 11.6 Å². The summed E-state index contributed by atoms with van der Waals surface area (Å²) >= 11 is 6.29. The van der Waals surface area contributed by atoms with Gasteiger partial charge in [0.25, 0.3) is 5.91 Å². The van der Waals surface area contributed by atoms with Gasteiger partial charge < -0.3 is 10.2 Å². The minimum atomic E-state index is -0.178. The molecule has 1 amide bonds. The lowest BCUT2D eigenvalue weighted by Gasteiger charge is -2.29. The number of anilines is 1. The second kappa shape index (κ2) is 7.87. The highest BCUT2D eigenvalue weighted by Gasteiger charge is 2.18. The predicted molar refractivity (Wildman–Crippen MR) is 102 cm³/mol. The molecule has 2 aromatic rings. The number of pyridine rings is 1. The van der Waals surface area contributed by atoms with Crippen molar-refractivity contribution in [1.82, 2.24) is 10.3 Å². The third-order valence-electron chi connectivity index (χ3n) is 4.64. The molecule has 1 aliphatic heterocycles. The Balaban J connectivity index is 1.75. The number of aryl methyl sites for hydroxylation is 1. The van der Waals surface area contributed by atoms with Crippen molar-refractivity contribution in [1.29, 1.82) is 0 Å². The molecule has 1 aromatic heterocycles. The second-order valence-electron chi connectivity index (χ2n) is 6.67. The molecule has 0 aliphatic carbocycles. The molecule has 0 radical (unpaired) electrons. The number of rotatable bonds is 4. The summed E-state index contributed by atoms with van der Waals surface area (Å²) in [4.78, 5) is 19.4.